The standard InChI is InChI=1S/C18H36N4O/c1-16(2)7-10-20-17(19-3)21-15-18(8-5-4-6-9-18)22-11-13-23-14-12-22/h16H,4-15H2,1-3H3,(H2,19,20,21). The van der Waals surface area contributed by atoms with E-state index in [0.717, 1.165) is 51.3 Å². The van der Waals surface area contributed by atoms with E-state index in [0.29, 0.717) is 0 Å². The van der Waals surface area contributed by atoms with Crippen molar-refractivity contribution in [1.82, 2.24) is 15.5 Å². The molecule has 2 fully saturated rings. The zero-order valence-corrected chi connectivity index (χ0v) is 15.4. The number of nitrogens with one attached hydrogen (secondary N) is 2. The van der Waals surface area contributed by atoms with Crippen LogP contribution in [0.2, 0.25) is 0 Å². The molecule has 1 aliphatic carbocycles. The van der Waals surface area contributed by atoms with E-state index in [-0.39, 0.29) is 5.54 Å². The molecule has 23 heavy (non-hydrogen) atoms. The van der Waals surface area contributed by atoms with Crippen molar-refractivity contribution in [3.63, 3.8) is 0 Å². The maximum absolute atomic E-state index is 5.56. The van der Waals surface area contributed by atoms with Gasteiger partial charge in [-0.15, -0.1) is 0 Å². The monoisotopic (exact) mass is 324 g/mol. The summed E-state index contributed by atoms with van der Waals surface area (Å²) in [5.74, 6) is 1.67. The first-order valence-corrected chi connectivity index (χ1v) is 9.43. The Morgan fingerprint density at radius 1 is 1.13 bits per heavy atom. The Hall–Kier alpha value is -0.810. The molecule has 0 bridgehead atoms. The summed E-state index contributed by atoms with van der Waals surface area (Å²) >= 11 is 0. The highest BCUT2D eigenvalue weighted by molar-refractivity contribution is 5.79. The number of guanidine groups is 1. The van der Waals surface area contributed by atoms with Crippen LogP contribution in [0.15, 0.2) is 4.99 Å². The van der Waals surface area contributed by atoms with Gasteiger partial charge < -0.3 is 15.4 Å². The van der Waals surface area contributed by atoms with E-state index >= 15 is 0 Å². The van der Waals surface area contributed by atoms with E-state index in [4.69, 9.17) is 4.74 Å². The zero-order valence-electron chi connectivity index (χ0n) is 15.4. The van der Waals surface area contributed by atoms with Crippen LogP contribution in [0.5, 0.6) is 0 Å². The van der Waals surface area contributed by atoms with Crippen LogP contribution in [-0.4, -0.2) is 62.8 Å². The van der Waals surface area contributed by atoms with Gasteiger partial charge in [-0.05, 0) is 25.2 Å². The fraction of sp³-hybridized carbons (Fsp3) is 0.944. The number of aliphatic imine (C=N–C) groups is 1. The van der Waals surface area contributed by atoms with Crippen molar-refractivity contribution in [2.24, 2.45) is 10.9 Å². The molecule has 2 aliphatic rings. The molecule has 5 heteroatoms. The van der Waals surface area contributed by atoms with Crippen molar-refractivity contribution < 1.29 is 4.74 Å². The Kier molecular flexibility index (Phi) is 7.63. The molecule has 0 atom stereocenters. The topological polar surface area (TPSA) is 48.9 Å². The summed E-state index contributed by atoms with van der Waals surface area (Å²) in [7, 11) is 1.87. The van der Waals surface area contributed by atoms with E-state index in [9.17, 15) is 0 Å². The summed E-state index contributed by atoms with van der Waals surface area (Å²) in [4.78, 5) is 7.07. The van der Waals surface area contributed by atoms with Crippen molar-refractivity contribution >= 4 is 5.96 Å². The van der Waals surface area contributed by atoms with Crippen molar-refractivity contribution in [2.75, 3.05) is 46.4 Å². The molecular formula is C18H36N4O. The quantitative estimate of drug-likeness (QED) is 0.581. The number of ether oxygens (including phenoxy) is 1. The number of morpholine rings is 1. The lowest BCUT2D eigenvalue weighted by Gasteiger charge is -2.48. The number of hydrogen-bond acceptors (Lipinski definition) is 3. The van der Waals surface area contributed by atoms with Gasteiger partial charge in [-0.25, -0.2) is 0 Å². The molecule has 0 unspecified atom stereocenters. The molecule has 0 aromatic rings. The van der Waals surface area contributed by atoms with Gasteiger partial charge in [0.05, 0.1) is 13.2 Å². The van der Waals surface area contributed by atoms with E-state index in [1.165, 1.54) is 38.5 Å². The molecule has 1 saturated carbocycles. The molecule has 5 nitrogen and oxygen atoms in total. The Balaban J connectivity index is 1.89. The van der Waals surface area contributed by atoms with Crippen LogP contribution in [0, 0.1) is 5.92 Å². The summed E-state index contributed by atoms with van der Waals surface area (Å²) in [6, 6.07) is 0. The lowest BCUT2D eigenvalue weighted by Crippen LogP contribution is -2.60. The van der Waals surface area contributed by atoms with Gasteiger partial charge in [0, 0.05) is 38.8 Å². The minimum atomic E-state index is 0.289. The van der Waals surface area contributed by atoms with Gasteiger partial charge in [-0.3, -0.25) is 9.89 Å². The second kappa shape index (κ2) is 9.48. The van der Waals surface area contributed by atoms with E-state index < -0.39 is 0 Å². The lowest BCUT2D eigenvalue weighted by molar-refractivity contribution is -0.0352. The Labute approximate surface area is 142 Å². The molecule has 0 spiro atoms. The smallest absolute Gasteiger partial charge is 0.191 e. The zero-order chi connectivity index (χ0) is 16.5. The Morgan fingerprint density at radius 2 is 1.83 bits per heavy atom. The predicted molar refractivity (Wildman–Crippen MR) is 97.0 cm³/mol. The first-order chi connectivity index (χ1) is 11.2. The van der Waals surface area contributed by atoms with Crippen LogP contribution in [0.25, 0.3) is 0 Å². The molecule has 1 saturated heterocycles. The van der Waals surface area contributed by atoms with Crippen LogP contribution >= 0.6 is 0 Å². The highest BCUT2D eigenvalue weighted by Crippen LogP contribution is 2.33. The summed E-state index contributed by atoms with van der Waals surface area (Å²) in [6.45, 7) is 10.4. The molecule has 1 heterocycles. The summed E-state index contributed by atoms with van der Waals surface area (Å²) in [5, 5.41) is 7.06. The molecule has 0 amide bonds. The third-order valence-electron chi connectivity index (χ3n) is 5.29. The molecule has 0 aromatic carbocycles. The largest absolute Gasteiger partial charge is 0.379 e. The maximum atomic E-state index is 5.56. The lowest BCUT2D eigenvalue weighted by atomic mass is 9.80. The minimum absolute atomic E-state index is 0.289. The van der Waals surface area contributed by atoms with E-state index in [2.05, 4.69) is 34.4 Å². The normalized spacial score (nSPS) is 23.0. The first kappa shape index (κ1) is 18.5. The maximum Gasteiger partial charge on any atom is 0.191 e. The van der Waals surface area contributed by atoms with Gasteiger partial charge in [0.15, 0.2) is 5.96 Å². The van der Waals surface area contributed by atoms with Crippen molar-refractivity contribution in [3.05, 3.63) is 0 Å². The van der Waals surface area contributed by atoms with E-state index in [1.54, 1.807) is 0 Å². The molecule has 134 valence electrons. The van der Waals surface area contributed by atoms with Crippen molar-refractivity contribution in [2.45, 2.75) is 57.9 Å². The molecule has 0 aromatic heterocycles. The predicted octanol–water partition coefficient (Wildman–Crippen LogP) is 2.23. The van der Waals surface area contributed by atoms with Crippen LogP contribution in [0.4, 0.5) is 0 Å². The van der Waals surface area contributed by atoms with Crippen molar-refractivity contribution in [1.29, 1.82) is 0 Å². The number of hydrogen-bond donors (Lipinski definition) is 2. The molecule has 0 radical (unpaired) electrons. The number of nitrogens with zero attached hydrogens (tertiary/aromatic N) is 2. The summed E-state index contributed by atoms with van der Waals surface area (Å²) < 4.78 is 5.56. The minimum Gasteiger partial charge on any atom is -0.379 e. The van der Waals surface area contributed by atoms with Gasteiger partial charge in [-0.2, -0.15) is 0 Å². The SMILES string of the molecule is CN=C(NCCC(C)C)NCC1(N2CCOCC2)CCCCC1. The third-order valence-corrected chi connectivity index (χ3v) is 5.29. The van der Waals surface area contributed by atoms with Crippen LogP contribution in [-0.2, 0) is 4.74 Å². The van der Waals surface area contributed by atoms with Gasteiger partial charge in [0.25, 0.3) is 0 Å². The molecule has 1 aliphatic heterocycles. The average molecular weight is 325 g/mol. The first-order valence-electron chi connectivity index (χ1n) is 9.43. The summed E-state index contributed by atoms with van der Waals surface area (Å²) in [5.41, 5.74) is 0.289. The average Bonchev–Trinajstić information content (AvgIpc) is 2.59. The van der Waals surface area contributed by atoms with Crippen LogP contribution in [0.1, 0.15) is 52.4 Å². The second-order valence-corrected chi connectivity index (χ2v) is 7.42. The summed E-state index contributed by atoms with van der Waals surface area (Å²) in [6.07, 6.45) is 7.84. The molecular weight excluding hydrogens is 288 g/mol. The van der Waals surface area contributed by atoms with Gasteiger partial charge >= 0.3 is 0 Å². The second-order valence-electron chi connectivity index (χ2n) is 7.42. The third kappa shape index (κ3) is 5.64. The Bertz CT molecular complexity index is 358. The fourth-order valence-corrected chi connectivity index (χ4v) is 3.80. The number of rotatable bonds is 6. The fourth-order valence-electron chi connectivity index (χ4n) is 3.80. The highest BCUT2D eigenvalue weighted by atomic mass is 16.5. The van der Waals surface area contributed by atoms with Gasteiger partial charge in [-0.1, -0.05) is 33.1 Å². The van der Waals surface area contributed by atoms with Gasteiger partial charge in [0.2, 0.25) is 0 Å². The van der Waals surface area contributed by atoms with Crippen LogP contribution < -0.4 is 10.6 Å². The highest BCUT2D eigenvalue weighted by Gasteiger charge is 2.38. The molecule has 2 rings (SSSR count). The Morgan fingerprint density at radius 3 is 2.43 bits per heavy atom. The van der Waals surface area contributed by atoms with E-state index in [1.807, 2.05) is 7.05 Å². The molecule has 2 N–H and O–H groups in total. The van der Waals surface area contributed by atoms with Crippen molar-refractivity contribution in [3.8, 4) is 0 Å². The van der Waals surface area contributed by atoms with Crippen LogP contribution in [0.3, 0.4) is 0 Å². The van der Waals surface area contributed by atoms with Gasteiger partial charge in [0.1, 0.15) is 0 Å².